The predicted molar refractivity (Wildman–Crippen MR) is 120 cm³/mol. The van der Waals surface area contributed by atoms with Crippen molar-refractivity contribution in [3.05, 3.63) is 48.3 Å². The zero-order valence-electron chi connectivity index (χ0n) is 17.6. The van der Waals surface area contributed by atoms with Crippen molar-refractivity contribution < 1.29 is 9.18 Å². The van der Waals surface area contributed by atoms with Gasteiger partial charge in [0.2, 0.25) is 5.91 Å². The van der Waals surface area contributed by atoms with Crippen LogP contribution in [0.1, 0.15) is 30.4 Å². The Balaban J connectivity index is 1.50. The third-order valence-corrected chi connectivity index (χ3v) is 6.25. The molecule has 10 heteroatoms. The second-order valence-electron chi connectivity index (χ2n) is 8.54. The lowest BCUT2D eigenvalue weighted by Crippen LogP contribution is -2.56. The first kappa shape index (κ1) is 20.4. The van der Waals surface area contributed by atoms with E-state index in [-0.39, 0.29) is 23.6 Å². The number of halogens is 1. The van der Waals surface area contributed by atoms with Crippen molar-refractivity contribution in [2.24, 2.45) is 5.73 Å². The second-order valence-corrected chi connectivity index (χ2v) is 8.54. The van der Waals surface area contributed by atoms with Gasteiger partial charge in [-0.3, -0.25) is 4.79 Å². The lowest BCUT2D eigenvalue weighted by atomic mass is 9.99. The molecule has 1 atom stereocenters. The van der Waals surface area contributed by atoms with Gasteiger partial charge < -0.3 is 26.3 Å². The Kier molecular flexibility index (Phi) is 4.81. The largest absolute Gasteiger partial charge is 0.382 e. The van der Waals surface area contributed by atoms with E-state index in [9.17, 15) is 9.18 Å². The van der Waals surface area contributed by atoms with Crippen LogP contribution in [-0.2, 0) is 11.3 Å². The van der Waals surface area contributed by atoms with Crippen LogP contribution in [-0.4, -0.2) is 50.1 Å². The summed E-state index contributed by atoms with van der Waals surface area (Å²) < 4.78 is 16.5. The number of imidazole rings is 1. The molecule has 2 fully saturated rings. The fraction of sp³-hybridized carbons (Fsp3) is 0.364. The summed E-state index contributed by atoms with van der Waals surface area (Å²) in [5.74, 6) is -0.212. The van der Waals surface area contributed by atoms with Crippen molar-refractivity contribution in [2.75, 3.05) is 23.7 Å². The highest BCUT2D eigenvalue weighted by molar-refractivity contribution is 5.88. The molecular weight excluding hydrogens is 411 g/mol. The molecule has 1 saturated heterocycles. The standard InChI is InChI=1S/C22H25FN8O/c1-2-14-15(9-31-12-28-18-19(24)26-11-27-20(18)31)17(6-5-16(14)23)30-8-7-22(25,10-30)21(32)29-13-3-4-13/h2,5-6,11-13H,1,3-4,7-10,25H2,(H,29,32)(H2,24,26,27). The molecule has 2 aromatic heterocycles. The normalized spacial score (nSPS) is 20.6. The highest BCUT2D eigenvalue weighted by Crippen LogP contribution is 2.34. The van der Waals surface area contributed by atoms with E-state index < -0.39 is 5.54 Å². The molecule has 2 aliphatic rings. The molecule has 1 unspecified atom stereocenters. The van der Waals surface area contributed by atoms with Gasteiger partial charge in [-0.1, -0.05) is 12.7 Å². The predicted octanol–water partition coefficient (Wildman–Crippen LogP) is 1.43. The average Bonchev–Trinajstić information content (AvgIpc) is 3.35. The molecule has 1 aliphatic heterocycles. The molecule has 1 amide bonds. The zero-order valence-corrected chi connectivity index (χ0v) is 17.6. The molecule has 0 spiro atoms. The number of fused-ring (bicyclic) bond motifs is 1. The van der Waals surface area contributed by atoms with Crippen LogP contribution in [0.5, 0.6) is 0 Å². The van der Waals surface area contributed by atoms with Crippen molar-refractivity contribution >= 4 is 34.7 Å². The van der Waals surface area contributed by atoms with Crippen LogP contribution in [0, 0.1) is 5.82 Å². The fourth-order valence-electron chi connectivity index (χ4n) is 4.27. The number of carbonyl (C=O) groups is 1. The van der Waals surface area contributed by atoms with Gasteiger partial charge in [0.15, 0.2) is 11.5 Å². The van der Waals surface area contributed by atoms with E-state index in [4.69, 9.17) is 11.5 Å². The van der Waals surface area contributed by atoms with Gasteiger partial charge in [-0.05, 0) is 31.4 Å². The lowest BCUT2D eigenvalue weighted by Gasteiger charge is -2.27. The van der Waals surface area contributed by atoms with Crippen LogP contribution >= 0.6 is 0 Å². The van der Waals surface area contributed by atoms with Crippen molar-refractivity contribution in [3.8, 4) is 0 Å². The number of rotatable bonds is 6. The molecule has 0 bridgehead atoms. The number of carbonyl (C=O) groups excluding carboxylic acids is 1. The van der Waals surface area contributed by atoms with Crippen molar-refractivity contribution in [1.29, 1.82) is 0 Å². The molecule has 5 rings (SSSR count). The molecule has 9 nitrogen and oxygen atoms in total. The van der Waals surface area contributed by atoms with E-state index in [0.29, 0.717) is 48.3 Å². The number of benzene rings is 1. The molecule has 3 aromatic rings. The third-order valence-electron chi connectivity index (χ3n) is 6.25. The van der Waals surface area contributed by atoms with Crippen LogP contribution in [0.15, 0.2) is 31.4 Å². The van der Waals surface area contributed by atoms with Crippen molar-refractivity contribution in [2.45, 2.75) is 37.4 Å². The zero-order chi connectivity index (χ0) is 22.5. The SMILES string of the molecule is C=Cc1c(F)ccc(N2CCC(N)(C(=O)NC3CC3)C2)c1Cn1cnc2c(N)ncnc21. The van der Waals surface area contributed by atoms with E-state index in [1.54, 1.807) is 17.0 Å². The van der Waals surface area contributed by atoms with Crippen LogP contribution in [0.2, 0.25) is 0 Å². The average molecular weight is 436 g/mol. The molecule has 166 valence electrons. The van der Waals surface area contributed by atoms with E-state index in [0.717, 1.165) is 18.5 Å². The Morgan fingerprint density at radius 2 is 2.16 bits per heavy atom. The number of hydrogen-bond acceptors (Lipinski definition) is 7. The van der Waals surface area contributed by atoms with Gasteiger partial charge in [-0.15, -0.1) is 0 Å². The molecule has 0 radical (unpaired) electrons. The van der Waals surface area contributed by atoms with Crippen molar-refractivity contribution in [1.82, 2.24) is 24.8 Å². The number of nitrogen functional groups attached to an aromatic ring is 1. The Labute approximate surface area is 184 Å². The number of anilines is 2. The smallest absolute Gasteiger partial charge is 0.242 e. The molecule has 3 heterocycles. The lowest BCUT2D eigenvalue weighted by molar-refractivity contribution is -0.125. The van der Waals surface area contributed by atoms with Crippen LogP contribution < -0.4 is 21.7 Å². The highest BCUT2D eigenvalue weighted by Gasteiger charge is 2.43. The molecule has 1 aliphatic carbocycles. The Hall–Kier alpha value is -3.53. The maximum Gasteiger partial charge on any atom is 0.242 e. The molecule has 5 N–H and O–H groups in total. The number of aromatic nitrogens is 4. The Morgan fingerprint density at radius 1 is 1.34 bits per heavy atom. The monoisotopic (exact) mass is 436 g/mol. The Bertz CT molecular complexity index is 1220. The second kappa shape index (κ2) is 7.56. The summed E-state index contributed by atoms with van der Waals surface area (Å²) in [5.41, 5.74) is 14.4. The van der Waals surface area contributed by atoms with Crippen molar-refractivity contribution in [3.63, 3.8) is 0 Å². The maximum absolute atomic E-state index is 14.7. The molecular formula is C22H25FN8O. The highest BCUT2D eigenvalue weighted by atomic mass is 19.1. The Morgan fingerprint density at radius 3 is 2.91 bits per heavy atom. The van der Waals surface area contributed by atoms with E-state index in [1.807, 2.05) is 4.90 Å². The minimum absolute atomic E-state index is 0.122. The number of nitrogens with one attached hydrogen (secondary N) is 1. The first-order valence-electron chi connectivity index (χ1n) is 10.6. The van der Waals surface area contributed by atoms with Gasteiger partial charge >= 0.3 is 0 Å². The van der Waals surface area contributed by atoms with Gasteiger partial charge in [0, 0.05) is 35.9 Å². The maximum atomic E-state index is 14.7. The molecule has 1 aromatic carbocycles. The third kappa shape index (κ3) is 3.46. The van der Waals surface area contributed by atoms with Gasteiger partial charge in [0.05, 0.1) is 12.9 Å². The summed E-state index contributed by atoms with van der Waals surface area (Å²) in [6.07, 6.45) is 7.01. The fourth-order valence-corrected chi connectivity index (χ4v) is 4.27. The topological polar surface area (TPSA) is 128 Å². The van der Waals surface area contributed by atoms with E-state index in [2.05, 4.69) is 26.8 Å². The van der Waals surface area contributed by atoms with Gasteiger partial charge in [0.25, 0.3) is 0 Å². The summed E-state index contributed by atoms with van der Waals surface area (Å²) in [6, 6.07) is 3.39. The molecule has 1 saturated carbocycles. The van der Waals surface area contributed by atoms with Gasteiger partial charge in [0.1, 0.15) is 23.2 Å². The van der Waals surface area contributed by atoms with Crippen LogP contribution in [0.4, 0.5) is 15.9 Å². The minimum Gasteiger partial charge on any atom is -0.382 e. The first-order chi connectivity index (χ1) is 15.4. The summed E-state index contributed by atoms with van der Waals surface area (Å²) in [7, 11) is 0. The number of hydrogen-bond donors (Lipinski definition) is 3. The summed E-state index contributed by atoms with van der Waals surface area (Å²) >= 11 is 0. The summed E-state index contributed by atoms with van der Waals surface area (Å²) in [6.45, 7) is 5.03. The number of nitrogens with zero attached hydrogens (tertiary/aromatic N) is 5. The van der Waals surface area contributed by atoms with E-state index >= 15 is 0 Å². The quantitative estimate of drug-likeness (QED) is 0.533. The number of nitrogens with two attached hydrogens (primary N) is 2. The summed E-state index contributed by atoms with van der Waals surface area (Å²) in [4.78, 5) is 27.3. The van der Waals surface area contributed by atoms with Gasteiger partial charge in [-0.2, -0.15) is 0 Å². The minimum atomic E-state index is -0.980. The van der Waals surface area contributed by atoms with Gasteiger partial charge in [-0.25, -0.2) is 19.3 Å². The molecule has 32 heavy (non-hydrogen) atoms. The number of amides is 1. The van der Waals surface area contributed by atoms with E-state index in [1.165, 1.54) is 18.5 Å². The van der Waals surface area contributed by atoms with Crippen LogP contribution in [0.25, 0.3) is 17.2 Å². The summed E-state index contributed by atoms with van der Waals surface area (Å²) in [5, 5.41) is 3.01. The first-order valence-corrected chi connectivity index (χ1v) is 10.6. The van der Waals surface area contributed by atoms with Crippen LogP contribution in [0.3, 0.4) is 0 Å².